The molecule has 0 amide bonds. The van der Waals surface area contributed by atoms with Crippen molar-refractivity contribution in [1.82, 2.24) is 10.2 Å². The van der Waals surface area contributed by atoms with Crippen molar-refractivity contribution in [3.8, 4) is 22.6 Å². The number of aryl methyl sites for hydroxylation is 2. The van der Waals surface area contributed by atoms with Gasteiger partial charge in [0, 0.05) is 38.8 Å². The Balaban J connectivity index is 1.69. The lowest BCUT2D eigenvalue weighted by Crippen LogP contribution is -2.47. The van der Waals surface area contributed by atoms with Crippen LogP contribution in [0.5, 0.6) is 11.5 Å². The first-order chi connectivity index (χ1) is 13.0. The van der Waals surface area contributed by atoms with Gasteiger partial charge in [-0.1, -0.05) is 29.3 Å². The first-order valence-corrected chi connectivity index (χ1v) is 9.55. The van der Waals surface area contributed by atoms with E-state index in [0.29, 0.717) is 12.3 Å². The van der Waals surface area contributed by atoms with Gasteiger partial charge in [0.05, 0.1) is 7.11 Å². The third-order valence-corrected chi connectivity index (χ3v) is 4.79. The molecule has 2 N–H and O–H groups in total. The topological polar surface area (TPSA) is 54.0 Å². The lowest BCUT2D eigenvalue weighted by atomic mass is 10.0. The van der Waals surface area contributed by atoms with Crippen LogP contribution < -0.4 is 14.8 Å². The van der Waals surface area contributed by atoms with Crippen LogP contribution in [-0.4, -0.2) is 62.6 Å². The number of aliphatic hydroxyl groups excluding tert-OH is 1. The maximum atomic E-state index is 10.3. The Morgan fingerprint density at radius 1 is 0.963 bits per heavy atom. The third-order valence-electron chi connectivity index (χ3n) is 4.79. The lowest BCUT2D eigenvalue weighted by molar-refractivity contribution is 0.0641. The van der Waals surface area contributed by atoms with Gasteiger partial charge in [0.1, 0.15) is 24.2 Å². The van der Waals surface area contributed by atoms with E-state index in [1.54, 1.807) is 7.11 Å². The number of hydrogen-bond donors (Lipinski definition) is 2. The molecule has 1 saturated heterocycles. The predicted molar refractivity (Wildman–Crippen MR) is 109 cm³/mol. The minimum atomic E-state index is -0.515. The van der Waals surface area contributed by atoms with Crippen LogP contribution in [0.15, 0.2) is 36.4 Å². The van der Waals surface area contributed by atoms with Gasteiger partial charge in [0.25, 0.3) is 0 Å². The van der Waals surface area contributed by atoms with Crippen LogP contribution in [-0.2, 0) is 0 Å². The number of benzene rings is 2. The summed E-state index contributed by atoms with van der Waals surface area (Å²) in [5, 5.41) is 13.6. The van der Waals surface area contributed by atoms with Gasteiger partial charge in [-0.05, 0) is 37.1 Å². The van der Waals surface area contributed by atoms with Crippen molar-refractivity contribution in [3.05, 3.63) is 47.5 Å². The maximum absolute atomic E-state index is 10.3. The summed E-state index contributed by atoms with van der Waals surface area (Å²) in [6, 6.07) is 12.4. The maximum Gasteiger partial charge on any atom is 0.123 e. The molecule has 0 saturated carbocycles. The summed E-state index contributed by atoms with van der Waals surface area (Å²) < 4.78 is 11.4. The molecule has 2 aromatic rings. The second-order valence-corrected chi connectivity index (χ2v) is 7.29. The summed E-state index contributed by atoms with van der Waals surface area (Å²) in [5.74, 6) is 1.46. The van der Waals surface area contributed by atoms with E-state index in [-0.39, 0.29) is 6.61 Å². The molecule has 1 aliphatic heterocycles. The number of rotatable bonds is 7. The van der Waals surface area contributed by atoms with Crippen LogP contribution in [0, 0.1) is 13.8 Å². The Kier molecular flexibility index (Phi) is 6.72. The van der Waals surface area contributed by atoms with Crippen LogP contribution in [0.4, 0.5) is 0 Å². The minimum absolute atomic E-state index is 0.267. The van der Waals surface area contributed by atoms with Crippen LogP contribution in [0.25, 0.3) is 11.1 Å². The number of methoxy groups -OCH3 is 1. The van der Waals surface area contributed by atoms with Gasteiger partial charge >= 0.3 is 0 Å². The predicted octanol–water partition coefficient (Wildman–Crippen LogP) is 2.62. The van der Waals surface area contributed by atoms with Gasteiger partial charge in [-0.3, -0.25) is 4.90 Å². The van der Waals surface area contributed by atoms with E-state index in [2.05, 4.69) is 42.3 Å². The average Bonchev–Trinajstić information content (AvgIpc) is 2.66. The summed E-state index contributed by atoms with van der Waals surface area (Å²) in [5.41, 5.74) is 4.63. The number of nitrogens with zero attached hydrogens (tertiary/aromatic N) is 1. The average molecular weight is 370 g/mol. The quantitative estimate of drug-likeness (QED) is 0.785. The highest BCUT2D eigenvalue weighted by Crippen LogP contribution is 2.31. The molecule has 5 heteroatoms. The minimum Gasteiger partial charge on any atom is -0.497 e. The highest BCUT2D eigenvalue weighted by Gasteiger charge is 2.15. The highest BCUT2D eigenvalue weighted by atomic mass is 16.5. The molecule has 0 radical (unpaired) electrons. The monoisotopic (exact) mass is 370 g/mol. The fourth-order valence-electron chi connectivity index (χ4n) is 3.52. The van der Waals surface area contributed by atoms with Gasteiger partial charge in [-0.15, -0.1) is 0 Å². The SMILES string of the molecule is COc1cc(OCC(O)CN2CCNCC2)cc(-c2cc(C)cc(C)c2)c1. The molecule has 146 valence electrons. The molecule has 0 aromatic heterocycles. The normalized spacial score (nSPS) is 16.1. The molecule has 1 aliphatic rings. The zero-order valence-corrected chi connectivity index (χ0v) is 16.5. The molecular formula is C22H30N2O3. The van der Waals surface area contributed by atoms with E-state index in [0.717, 1.165) is 43.1 Å². The van der Waals surface area contributed by atoms with Crippen molar-refractivity contribution in [2.45, 2.75) is 20.0 Å². The molecule has 27 heavy (non-hydrogen) atoms. The largest absolute Gasteiger partial charge is 0.497 e. The summed E-state index contributed by atoms with van der Waals surface area (Å²) in [6.45, 7) is 8.98. The molecule has 3 rings (SSSR count). The molecule has 5 nitrogen and oxygen atoms in total. The first-order valence-electron chi connectivity index (χ1n) is 9.55. The summed E-state index contributed by atoms with van der Waals surface area (Å²) in [4.78, 5) is 2.26. The third kappa shape index (κ3) is 5.70. The molecule has 0 spiro atoms. The van der Waals surface area contributed by atoms with Crippen LogP contribution in [0.2, 0.25) is 0 Å². The Labute approximate surface area is 161 Å². The smallest absolute Gasteiger partial charge is 0.123 e. The second kappa shape index (κ2) is 9.22. The van der Waals surface area contributed by atoms with Crippen molar-refractivity contribution in [1.29, 1.82) is 0 Å². The highest BCUT2D eigenvalue weighted by molar-refractivity contribution is 5.68. The molecular weight excluding hydrogens is 340 g/mol. The van der Waals surface area contributed by atoms with E-state index in [1.807, 2.05) is 18.2 Å². The Morgan fingerprint density at radius 3 is 2.26 bits per heavy atom. The number of aliphatic hydroxyl groups is 1. The van der Waals surface area contributed by atoms with Gasteiger partial charge < -0.3 is 19.9 Å². The van der Waals surface area contributed by atoms with Crippen LogP contribution in [0.3, 0.4) is 0 Å². The van der Waals surface area contributed by atoms with Crippen molar-refractivity contribution in [3.63, 3.8) is 0 Å². The van der Waals surface area contributed by atoms with E-state index in [9.17, 15) is 5.11 Å². The molecule has 1 atom stereocenters. The van der Waals surface area contributed by atoms with Gasteiger partial charge in [0.15, 0.2) is 0 Å². The van der Waals surface area contributed by atoms with Crippen LogP contribution in [0.1, 0.15) is 11.1 Å². The van der Waals surface area contributed by atoms with Gasteiger partial charge in [0.2, 0.25) is 0 Å². The van der Waals surface area contributed by atoms with Crippen molar-refractivity contribution < 1.29 is 14.6 Å². The fraction of sp³-hybridized carbons (Fsp3) is 0.455. The van der Waals surface area contributed by atoms with E-state index < -0.39 is 6.10 Å². The molecule has 0 aliphatic carbocycles. The van der Waals surface area contributed by atoms with Crippen molar-refractivity contribution >= 4 is 0 Å². The lowest BCUT2D eigenvalue weighted by Gasteiger charge is -2.29. The summed E-state index contributed by atoms with van der Waals surface area (Å²) in [6.07, 6.45) is -0.515. The molecule has 2 aromatic carbocycles. The van der Waals surface area contributed by atoms with E-state index in [1.165, 1.54) is 11.1 Å². The molecule has 1 unspecified atom stereocenters. The van der Waals surface area contributed by atoms with Crippen LogP contribution >= 0.6 is 0 Å². The van der Waals surface area contributed by atoms with Crippen molar-refractivity contribution in [2.24, 2.45) is 0 Å². The number of hydrogen-bond acceptors (Lipinski definition) is 5. The Hall–Kier alpha value is -2.08. The standard InChI is InChI=1S/C22H30N2O3/c1-16-8-17(2)10-18(9-16)19-11-21(26-3)13-22(12-19)27-15-20(25)14-24-6-4-23-5-7-24/h8-13,20,23,25H,4-7,14-15H2,1-3H3. The zero-order chi connectivity index (χ0) is 19.2. The number of β-amino-alcohol motifs (C(OH)–C–C–N with tert-alkyl or cyclic N) is 1. The number of nitrogens with one attached hydrogen (secondary N) is 1. The zero-order valence-electron chi connectivity index (χ0n) is 16.5. The van der Waals surface area contributed by atoms with E-state index >= 15 is 0 Å². The summed E-state index contributed by atoms with van der Waals surface area (Å²) in [7, 11) is 1.66. The Bertz CT molecular complexity index is 737. The Morgan fingerprint density at radius 2 is 1.59 bits per heavy atom. The van der Waals surface area contributed by atoms with Gasteiger partial charge in [-0.2, -0.15) is 0 Å². The number of ether oxygens (including phenoxy) is 2. The molecule has 0 bridgehead atoms. The molecule has 1 heterocycles. The second-order valence-electron chi connectivity index (χ2n) is 7.29. The molecule has 1 fully saturated rings. The number of piperazine rings is 1. The summed E-state index contributed by atoms with van der Waals surface area (Å²) >= 11 is 0. The van der Waals surface area contributed by atoms with Crippen molar-refractivity contribution in [2.75, 3.05) is 46.4 Å². The van der Waals surface area contributed by atoms with E-state index in [4.69, 9.17) is 9.47 Å². The first kappa shape index (κ1) is 19.7. The fourth-order valence-corrected chi connectivity index (χ4v) is 3.52. The van der Waals surface area contributed by atoms with Gasteiger partial charge in [-0.25, -0.2) is 0 Å².